The molecule has 26 heavy (non-hydrogen) atoms. The summed E-state index contributed by atoms with van der Waals surface area (Å²) in [7, 11) is 1.68. The Kier molecular flexibility index (Phi) is 7.24. The van der Waals surface area contributed by atoms with Crippen LogP contribution in [-0.2, 0) is 16.1 Å². The highest BCUT2D eigenvalue weighted by atomic mass is 16.5. The van der Waals surface area contributed by atoms with Gasteiger partial charge in [-0.25, -0.2) is 0 Å². The van der Waals surface area contributed by atoms with E-state index in [0.29, 0.717) is 36.4 Å². The first-order chi connectivity index (χ1) is 12.4. The van der Waals surface area contributed by atoms with E-state index in [2.05, 4.69) is 30.1 Å². The molecule has 0 aliphatic carbocycles. The number of amides is 1. The summed E-state index contributed by atoms with van der Waals surface area (Å²) in [6.07, 6.45) is 2.05. The number of carbonyl (C=O) groups excluding carboxylic acids is 1. The molecule has 1 fully saturated rings. The Morgan fingerprint density at radius 2 is 1.96 bits per heavy atom. The van der Waals surface area contributed by atoms with E-state index in [-0.39, 0.29) is 5.91 Å². The van der Waals surface area contributed by atoms with Gasteiger partial charge in [-0.3, -0.25) is 9.69 Å². The number of ether oxygens (including phenoxy) is 1. The van der Waals surface area contributed by atoms with Crippen molar-refractivity contribution >= 4 is 11.7 Å². The second-order valence-corrected chi connectivity index (χ2v) is 7.73. The van der Waals surface area contributed by atoms with Gasteiger partial charge in [-0.1, -0.05) is 13.8 Å². The Labute approximate surface area is 157 Å². The minimum Gasteiger partial charge on any atom is -0.385 e. The van der Waals surface area contributed by atoms with Crippen molar-refractivity contribution in [3.8, 4) is 6.07 Å². The lowest BCUT2D eigenvalue weighted by Gasteiger charge is -2.34. The van der Waals surface area contributed by atoms with E-state index in [0.717, 1.165) is 37.3 Å². The van der Waals surface area contributed by atoms with Crippen molar-refractivity contribution in [3.63, 3.8) is 0 Å². The fourth-order valence-electron chi connectivity index (χ4n) is 4.07. The molecule has 1 N–H and O–H groups in total. The predicted molar refractivity (Wildman–Crippen MR) is 103 cm³/mol. The number of piperidine rings is 1. The number of hydrogen-bond acceptors (Lipinski definition) is 4. The van der Waals surface area contributed by atoms with Crippen molar-refractivity contribution in [2.45, 2.75) is 47.1 Å². The monoisotopic (exact) mass is 360 g/mol. The van der Waals surface area contributed by atoms with Crippen LogP contribution in [0.1, 0.15) is 43.5 Å². The van der Waals surface area contributed by atoms with Gasteiger partial charge < -0.3 is 14.6 Å². The van der Waals surface area contributed by atoms with Gasteiger partial charge in [0.15, 0.2) is 0 Å². The van der Waals surface area contributed by atoms with Gasteiger partial charge in [-0.05, 0) is 44.1 Å². The van der Waals surface area contributed by atoms with Gasteiger partial charge in [-0.2, -0.15) is 5.26 Å². The normalized spacial score (nSPS) is 20.8. The Bertz CT molecular complexity index is 664. The summed E-state index contributed by atoms with van der Waals surface area (Å²) >= 11 is 0. The van der Waals surface area contributed by atoms with E-state index in [4.69, 9.17) is 4.74 Å². The predicted octanol–water partition coefficient (Wildman–Crippen LogP) is 2.93. The number of nitrogens with zero attached hydrogens (tertiary/aromatic N) is 3. The summed E-state index contributed by atoms with van der Waals surface area (Å²) in [4.78, 5) is 14.9. The number of likely N-dealkylation sites (tertiary alicyclic amines) is 1. The van der Waals surface area contributed by atoms with Crippen LogP contribution < -0.4 is 5.32 Å². The van der Waals surface area contributed by atoms with Crippen molar-refractivity contribution in [3.05, 3.63) is 16.8 Å². The maximum absolute atomic E-state index is 12.7. The topological polar surface area (TPSA) is 70.3 Å². The number of aromatic nitrogens is 1. The highest BCUT2D eigenvalue weighted by Crippen LogP contribution is 2.27. The molecule has 1 aromatic rings. The molecule has 0 saturated carbocycles. The van der Waals surface area contributed by atoms with Crippen molar-refractivity contribution in [1.29, 1.82) is 5.26 Å². The molecular formula is C20H32N4O2. The number of carbonyl (C=O) groups is 1. The van der Waals surface area contributed by atoms with Crippen molar-refractivity contribution < 1.29 is 9.53 Å². The first-order valence-corrected chi connectivity index (χ1v) is 9.48. The molecule has 0 spiro atoms. The van der Waals surface area contributed by atoms with E-state index < -0.39 is 0 Å². The Balaban J connectivity index is 2.12. The van der Waals surface area contributed by atoms with Crippen LogP contribution in [-0.4, -0.2) is 48.7 Å². The van der Waals surface area contributed by atoms with Crippen molar-refractivity contribution in [2.24, 2.45) is 11.8 Å². The smallest absolute Gasteiger partial charge is 0.239 e. The summed E-state index contributed by atoms with van der Waals surface area (Å²) < 4.78 is 7.17. The van der Waals surface area contributed by atoms with E-state index in [1.807, 2.05) is 18.4 Å². The highest BCUT2D eigenvalue weighted by molar-refractivity contribution is 5.93. The van der Waals surface area contributed by atoms with E-state index in [9.17, 15) is 10.1 Å². The average Bonchev–Trinajstić information content (AvgIpc) is 2.78. The zero-order chi connectivity index (χ0) is 19.3. The lowest BCUT2D eigenvalue weighted by Crippen LogP contribution is -2.43. The molecule has 0 aromatic carbocycles. The van der Waals surface area contributed by atoms with Gasteiger partial charge in [0, 0.05) is 39.0 Å². The maximum atomic E-state index is 12.7. The molecule has 6 heteroatoms. The Morgan fingerprint density at radius 1 is 1.31 bits per heavy atom. The summed E-state index contributed by atoms with van der Waals surface area (Å²) in [6.45, 7) is 12.1. The molecule has 1 aliphatic heterocycles. The summed E-state index contributed by atoms with van der Waals surface area (Å²) in [5.74, 6) is 1.81. The lowest BCUT2D eigenvalue weighted by atomic mass is 9.92. The molecule has 2 atom stereocenters. The molecule has 0 radical (unpaired) electrons. The fraction of sp³-hybridized carbons (Fsp3) is 0.700. The average molecular weight is 361 g/mol. The van der Waals surface area contributed by atoms with Gasteiger partial charge in [0.25, 0.3) is 0 Å². The number of nitriles is 1. The van der Waals surface area contributed by atoms with Gasteiger partial charge in [0.2, 0.25) is 5.91 Å². The van der Waals surface area contributed by atoms with E-state index >= 15 is 0 Å². The number of hydrogen-bond donors (Lipinski definition) is 1. The first-order valence-electron chi connectivity index (χ1n) is 9.48. The van der Waals surface area contributed by atoms with Crippen molar-refractivity contribution in [2.75, 3.05) is 38.7 Å². The summed E-state index contributed by atoms with van der Waals surface area (Å²) in [5.41, 5.74) is 2.52. The molecule has 1 saturated heterocycles. The third-order valence-electron chi connectivity index (χ3n) is 5.24. The van der Waals surface area contributed by atoms with Gasteiger partial charge in [0.05, 0.1) is 12.1 Å². The van der Waals surface area contributed by atoms with E-state index in [1.165, 1.54) is 6.42 Å². The quantitative estimate of drug-likeness (QED) is 0.759. The lowest BCUT2D eigenvalue weighted by molar-refractivity contribution is -0.117. The number of anilines is 1. The molecule has 144 valence electrons. The number of methoxy groups -OCH3 is 1. The van der Waals surface area contributed by atoms with Crippen LogP contribution in [0.25, 0.3) is 0 Å². The summed E-state index contributed by atoms with van der Waals surface area (Å²) in [5, 5.41) is 12.6. The molecular weight excluding hydrogens is 328 g/mol. The zero-order valence-corrected chi connectivity index (χ0v) is 16.8. The van der Waals surface area contributed by atoms with Crippen LogP contribution in [0.15, 0.2) is 0 Å². The van der Waals surface area contributed by atoms with Crippen LogP contribution in [0.5, 0.6) is 0 Å². The highest BCUT2D eigenvalue weighted by Gasteiger charge is 2.25. The zero-order valence-electron chi connectivity index (χ0n) is 16.8. The fourth-order valence-corrected chi connectivity index (χ4v) is 4.07. The van der Waals surface area contributed by atoms with Crippen LogP contribution >= 0.6 is 0 Å². The molecule has 1 amide bonds. The third kappa shape index (κ3) is 4.87. The van der Waals surface area contributed by atoms with Gasteiger partial charge in [-0.15, -0.1) is 0 Å². The van der Waals surface area contributed by atoms with Crippen LogP contribution in [0.4, 0.5) is 5.82 Å². The molecule has 2 rings (SSSR count). The molecule has 2 heterocycles. The minimum absolute atomic E-state index is 0.0479. The molecule has 0 bridgehead atoms. The largest absolute Gasteiger partial charge is 0.385 e. The standard InChI is InChI=1S/C20H32N4O2/c1-14-9-15(2)12-23(11-14)13-19(25)22-20-18(10-21)16(3)17(4)24(20)7-6-8-26-5/h14-15H,6-9,11-13H2,1-5H3,(H,22,25)/t14-,15-/m1/s1. The molecule has 6 nitrogen and oxygen atoms in total. The van der Waals surface area contributed by atoms with Crippen LogP contribution in [0.3, 0.4) is 0 Å². The molecule has 1 aromatic heterocycles. The second-order valence-electron chi connectivity index (χ2n) is 7.73. The van der Waals surface area contributed by atoms with Gasteiger partial charge in [0.1, 0.15) is 11.9 Å². The number of rotatable bonds is 7. The molecule has 0 unspecified atom stereocenters. The van der Waals surface area contributed by atoms with E-state index in [1.54, 1.807) is 7.11 Å². The summed E-state index contributed by atoms with van der Waals surface area (Å²) in [6, 6.07) is 2.26. The van der Waals surface area contributed by atoms with Crippen LogP contribution in [0.2, 0.25) is 0 Å². The number of nitrogens with one attached hydrogen (secondary N) is 1. The Morgan fingerprint density at radius 3 is 2.54 bits per heavy atom. The van der Waals surface area contributed by atoms with Crippen molar-refractivity contribution in [1.82, 2.24) is 9.47 Å². The third-order valence-corrected chi connectivity index (χ3v) is 5.24. The van der Waals surface area contributed by atoms with Gasteiger partial charge >= 0.3 is 0 Å². The Hall–Kier alpha value is -1.84. The van der Waals surface area contributed by atoms with Crippen LogP contribution in [0, 0.1) is 37.0 Å². The first kappa shape index (κ1) is 20.5. The second kappa shape index (κ2) is 9.20. The molecule has 1 aliphatic rings. The maximum Gasteiger partial charge on any atom is 0.239 e. The SMILES string of the molecule is COCCCn1c(C)c(C)c(C#N)c1NC(=O)CN1C[C@H](C)C[C@@H](C)C1. The minimum atomic E-state index is -0.0479.